The fourth-order valence-electron chi connectivity index (χ4n) is 0.619. The van der Waals surface area contributed by atoms with Crippen molar-refractivity contribution in [3.8, 4) is 0 Å². The number of nitrogens with zero attached hydrogens (tertiary/aromatic N) is 1. The minimum absolute atomic E-state index is 0. The topological polar surface area (TPSA) is 67.5 Å². The summed E-state index contributed by atoms with van der Waals surface area (Å²) in [4.78, 5) is 9.90. The van der Waals surface area contributed by atoms with E-state index in [1.165, 1.54) is 0 Å². The van der Waals surface area contributed by atoms with Gasteiger partial charge in [-0.2, -0.15) is 0 Å². The lowest BCUT2D eigenvalue weighted by molar-refractivity contribution is 1.35. The van der Waals surface area contributed by atoms with Crippen molar-refractivity contribution in [2.75, 3.05) is 5.43 Å². The Morgan fingerprint density at radius 1 is 1.27 bits per heavy atom. The fraction of sp³-hybridized carbons (Fsp3) is 0. The van der Waals surface area contributed by atoms with Gasteiger partial charge in [-0.1, -0.05) is 0 Å². The van der Waals surface area contributed by atoms with Gasteiger partial charge in [0.1, 0.15) is 5.69 Å². The average Bonchev–Trinajstić information content (AvgIpc) is 2.05. The highest BCUT2D eigenvalue weighted by molar-refractivity contribution is 5.85. The van der Waals surface area contributed by atoms with Crippen LogP contribution in [0.1, 0.15) is 0 Å². The normalized spacial score (nSPS) is 8.09. The number of hydrogen-bond donors (Lipinski definition) is 2. The number of benzene rings is 1. The Hall–Kier alpha value is -1.13. The number of hydrazine groups is 1. The van der Waals surface area contributed by atoms with E-state index in [9.17, 15) is 4.91 Å². The first kappa shape index (κ1) is 9.87. The molecule has 0 atom stereocenters. The van der Waals surface area contributed by atoms with Crippen molar-refractivity contribution in [1.82, 2.24) is 0 Å². The van der Waals surface area contributed by atoms with Crippen LogP contribution in [0.15, 0.2) is 29.4 Å². The molecule has 0 saturated carbocycles. The van der Waals surface area contributed by atoms with Gasteiger partial charge in [0.15, 0.2) is 0 Å². The maximum atomic E-state index is 9.90. The zero-order chi connectivity index (χ0) is 7.40. The van der Waals surface area contributed by atoms with E-state index in [0.717, 1.165) is 5.69 Å². The Kier molecular flexibility index (Phi) is 4.17. The highest BCUT2D eigenvalue weighted by atomic mass is 35.5. The first-order valence-electron chi connectivity index (χ1n) is 2.77. The van der Waals surface area contributed by atoms with Crippen LogP contribution in [-0.2, 0) is 0 Å². The summed E-state index contributed by atoms with van der Waals surface area (Å²) in [6.07, 6.45) is 0. The van der Waals surface area contributed by atoms with Crippen molar-refractivity contribution in [2.24, 2.45) is 11.0 Å². The molecule has 11 heavy (non-hydrogen) atoms. The molecule has 5 heteroatoms. The monoisotopic (exact) mass is 173 g/mol. The number of nitrogen functional groups attached to an aromatic ring is 1. The summed E-state index contributed by atoms with van der Waals surface area (Å²) < 4.78 is 0. The summed E-state index contributed by atoms with van der Waals surface area (Å²) in [7, 11) is 0. The van der Waals surface area contributed by atoms with Gasteiger partial charge in [-0.15, -0.1) is 17.3 Å². The van der Waals surface area contributed by atoms with Gasteiger partial charge >= 0.3 is 0 Å². The molecule has 0 fully saturated rings. The van der Waals surface area contributed by atoms with Crippen molar-refractivity contribution in [2.45, 2.75) is 0 Å². The molecule has 1 aromatic carbocycles. The van der Waals surface area contributed by atoms with Gasteiger partial charge in [0.25, 0.3) is 0 Å². The quantitative estimate of drug-likeness (QED) is 0.407. The summed E-state index contributed by atoms with van der Waals surface area (Å²) in [6.45, 7) is 0. The largest absolute Gasteiger partial charge is 0.324 e. The van der Waals surface area contributed by atoms with Crippen LogP contribution in [0.3, 0.4) is 0 Å². The van der Waals surface area contributed by atoms with Gasteiger partial charge in [-0.05, 0) is 29.4 Å². The van der Waals surface area contributed by atoms with E-state index in [4.69, 9.17) is 5.84 Å². The lowest BCUT2D eigenvalue weighted by Crippen LogP contribution is -2.05. The molecule has 1 rings (SSSR count). The van der Waals surface area contributed by atoms with E-state index in [2.05, 4.69) is 10.6 Å². The summed E-state index contributed by atoms with van der Waals surface area (Å²) in [6, 6.07) is 6.53. The second-order valence-electron chi connectivity index (χ2n) is 1.78. The second kappa shape index (κ2) is 4.65. The van der Waals surface area contributed by atoms with Crippen LogP contribution in [0.4, 0.5) is 11.4 Å². The highest BCUT2D eigenvalue weighted by Crippen LogP contribution is 2.14. The molecule has 1 aromatic rings. The Morgan fingerprint density at radius 3 is 2.18 bits per heavy atom. The van der Waals surface area contributed by atoms with Crippen molar-refractivity contribution in [3.05, 3.63) is 29.2 Å². The van der Waals surface area contributed by atoms with Crippen LogP contribution < -0.4 is 11.3 Å². The number of nitrogens with two attached hydrogens (primary N) is 1. The fourth-order valence-corrected chi connectivity index (χ4v) is 0.619. The lowest BCUT2D eigenvalue weighted by atomic mass is 10.3. The molecule has 0 heterocycles. The molecule has 0 aliphatic rings. The minimum Gasteiger partial charge on any atom is -0.324 e. The number of halogens is 1. The van der Waals surface area contributed by atoms with E-state index in [1.54, 1.807) is 24.3 Å². The minimum atomic E-state index is 0. The summed E-state index contributed by atoms with van der Waals surface area (Å²) in [5.41, 5.74) is 3.59. The van der Waals surface area contributed by atoms with E-state index in [-0.39, 0.29) is 12.4 Å². The molecule has 0 aromatic heterocycles. The van der Waals surface area contributed by atoms with Gasteiger partial charge in [-0.3, -0.25) is 5.84 Å². The Balaban J connectivity index is 0.000001000. The molecule has 0 amide bonds. The van der Waals surface area contributed by atoms with E-state index in [0.29, 0.717) is 5.69 Å². The molecule has 0 bridgehead atoms. The smallest absolute Gasteiger partial charge is 0.108 e. The predicted octanol–water partition coefficient (Wildman–Crippen LogP) is 1.79. The third-order valence-electron chi connectivity index (χ3n) is 1.14. The molecule has 3 N–H and O–H groups in total. The maximum Gasteiger partial charge on any atom is 0.108 e. The average molecular weight is 174 g/mol. The molecule has 60 valence electrons. The molecule has 4 nitrogen and oxygen atoms in total. The van der Waals surface area contributed by atoms with Gasteiger partial charge in [-0.25, -0.2) is 0 Å². The Bertz CT molecular complexity index is 224. The van der Waals surface area contributed by atoms with Gasteiger partial charge in [0, 0.05) is 5.69 Å². The SMILES string of the molecule is Cl.NNc1ccc(N=O)cc1. The molecule has 0 radical (unpaired) electrons. The van der Waals surface area contributed by atoms with Gasteiger partial charge in [0.05, 0.1) is 0 Å². The van der Waals surface area contributed by atoms with E-state index in [1.807, 2.05) is 0 Å². The number of rotatable bonds is 2. The van der Waals surface area contributed by atoms with E-state index < -0.39 is 0 Å². The molecule has 0 aliphatic heterocycles. The number of nitroso groups, excluding NO2 is 1. The van der Waals surface area contributed by atoms with Gasteiger partial charge in [0.2, 0.25) is 0 Å². The number of anilines is 1. The first-order chi connectivity index (χ1) is 4.86. The van der Waals surface area contributed by atoms with Crippen molar-refractivity contribution in [3.63, 3.8) is 0 Å². The Labute approximate surface area is 70.1 Å². The zero-order valence-electron chi connectivity index (χ0n) is 5.65. The Morgan fingerprint density at radius 2 is 1.82 bits per heavy atom. The predicted molar refractivity (Wildman–Crippen MR) is 47.0 cm³/mol. The highest BCUT2D eigenvalue weighted by Gasteiger charge is 1.89. The molecular weight excluding hydrogens is 166 g/mol. The third-order valence-corrected chi connectivity index (χ3v) is 1.14. The maximum absolute atomic E-state index is 9.90. The first-order valence-corrected chi connectivity index (χ1v) is 2.77. The zero-order valence-corrected chi connectivity index (χ0v) is 6.47. The summed E-state index contributed by atoms with van der Waals surface area (Å²) in [5.74, 6) is 5.08. The standard InChI is InChI=1S/C6H7N3O.ClH/c7-8-5-1-3-6(9-10)4-2-5;/h1-4,8H,7H2;1H. The molecule has 0 saturated heterocycles. The van der Waals surface area contributed by atoms with Crippen molar-refractivity contribution >= 4 is 23.8 Å². The van der Waals surface area contributed by atoms with Crippen LogP contribution in [0, 0.1) is 4.91 Å². The van der Waals surface area contributed by atoms with Crippen molar-refractivity contribution in [1.29, 1.82) is 0 Å². The molecular formula is C6H8ClN3O. The lowest BCUT2D eigenvalue weighted by Gasteiger charge is -1.96. The second-order valence-corrected chi connectivity index (χ2v) is 1.78. The van der Waals surface area contributed by atoms with Crippen molar-refractivity contribution < 1.29 is 0 Å². The van der Waals surface area contributed by atoms with Crippen LogP contribution in [-0.4, -0.2) is 0 Å². The molecule has 0 spiro atoms. The number of nitrogens with one attached hydrogen (secondary N) is 1. The van der Waals surface area contributed by atoms with Crippen LogP contribution in [0.2, 0.25) is 0 Å². The van der Waals surface area contributed by atoms with Crippen LogP contribution in [0.25, 0.3) is 0 Å². The number of hydrogen-bond acceptors (Lipinski definition) is 4. The summed E-state index contributed by atoms with van der Waals surface area (Å²) in [5, 5.41) is 2.73. The van der Waals surface area contributed by atoms with Crippen LogP contribution >= 0.6 is 12.4 Å². The molecule has 0 unspecified atom stereocenters. The summed E-state index contributed by atoms with van der Waals surface area (Å²) >= 11 is 0. The van der Waals surface area contributed by atoms with E-state index >= 15 is 0 Å². The van der Waals surface area contributed by atoms with Gasteiger partial charge < -0.3 is 5.43 Å². The van der Waals surface area contributed by atoms with Crippen LogP contribution in [0.5, 0.6) is 0 Å². The third kappa shape index (κ3) is 2.53. The molecule has 0 aliphatic carbocycles.